The summed E-state index contributed by atoms with van der Waals surface area (Å²) in [6, 6.07) is 6.79. The van der Waals surface area contributed by atoms with Crippen LogP contribution in [0, 0.1) is 0 Å². The van der Waals surface area contributed by atoms with E-state index in [2.05, 4.69) is 5.32 Å². The minimum absolute atomic E-state index is 0.0904. The van der Waals surface area contributed by atoms with Gasteiger partial charge in [0.15, 0.2) is 0 Å². The maximum atomic E-state index is 11.8. The summed E-state index contributed by atoms with van der Waals surface area (Å²) < 4.78 is 28.6. The Labute approximate surface area is 86.0 Å². The van der Waals surface area contributed by atoms with Crippen molar-refractivity contribution in [3.63, 3.8) is 0 Å². The van der Waals surface area contributed by atoms with Crippen LogP contribution in [0.5, 0.6) is 5.75 Å². The fourth-order valence-electron chi connectivity index (χ4n) is 1.01. The van der Waals surface area contributed by atoms with Crippen LogP contribution in [0.2, 0.25) is 0 Å². The number of hydrogen-bond acceptors (Lipinski definition) is 2. The Morgan fingerprint density at radius 2 is 2.00 bits per heavy atom. The van der Waals surface area contributed by atoms with Crippen molar-refractivity contribution in [3.8, 4) is 5.75 Å². The van der Waals surface area contributed by atoms with Crippen LogP contribution in [-0.2, 0) is 11.3 Å². The summed E-state index contributed by atoms with van der Waals surface area (Å²) in [5, 5.41) is 2.11. The lowest BCUT2D eigenvalue weighted by molar-refractivity contribution is -0.131. The predicted molar refractivity (Wildman–Crippen MR) is 50.8 cm³/mol. The van der Waals surface area contributed by atoms with Crippen molar-refractivity contribution in [1.82, 2.24) is 5.32 Å². The zero-order chi connectivity index (χ0) is 11.3. The highest BCUT2D eigenvalue weighted by atomic mass is 19.3. The minimum atomic E-state index is -2.97. The number of rotatable bonds is 4. The van der Waals surface area contributed by atoms with E-state index in [4.69, 9.17) is 4.74 Å². The molecule has 0 aliphatic carbocycles. The Morgan fingerprint density at radius 3 is 2.47 bits per heavy atom. The molecule has 0 saturated heterocycles. The van der Waals surface area contributed by atoms with Crippen molar-refractivity contribution in [2.24, 2.45) is 0 Å². The van der Waals surface area contributed by atoms with Crippen LogP contribution in [0.3, 0.4) is 0 Å². The molecule has 0 saturated carbocycles. The second kappa shape index (κ2) is 5.29. The molecule has 0 fully saturated rings. The molecule has 15 heavy (non-hydrogen) atoms. The normalized spacial score (nSPS) is 10.1. The summed E-state index contributed by atoms with van der Waals surface area (Å²) in [7, 11) is 1.54. The molecule has 1 amide bonds. The fourth-order valence-corrected chi connectivity index (χ4v) is 1.01. The van der Waals surface area contributed by atoms with Gasteiger partial charge in [0.1, 0.15) is 5.75 Å². The molecule has 1 N–H and O–H groups in total. The van der Waals surface area contributed by atoms with Crippen LogP contribution < -0.4 is 10.1 Å². The lowest BCUT2D eigenvalue weighted by Gasteiger charge is -2.05. The van der Waals surface area contributed by atoms with Gasteiger partial charge in [0.25, 0.3) is 5.91 Å². The summed E-state index contributed by atoms with van der Waals surface area (Å²) in [5.74, 6) is -0.579. The highest BCUT2D eigenvalue weighted by Crippen LogP contribution is 2.10. The first-order chi connectivity index (χ1) is 7.13. The highest BCUT2D eigenvalue weighted by Gasteiger charge is 2.13. The number of carbonyl (C=O) groups is 1. The van der Waals surface area contributed by atoms with Crippen molar-refractivity contribution < 1.29 is 18.3 Å². The molecule has 1 aromatic carbocycles. The molecule has 0 aliphatic heterocycles. The van der Waals surface area contributed by atoms with Crippen LogP contribution >= 0.6 is 0 Å². The lowest BCUT2D eigenvalue weighted by Crippen LogP contribution is -2.28. The Kier molecular flexibility index (Phi) is 4.03. The third kappa shape index (κ3) is 3.53. The number of methoxy groups -OCH3 is 1. The van der Waals surface area contributed by atoms with Gasteiger partial charge in [0.2, 0.25) is 0 Å². The van der Waals surface area contributed by atoms with E-state index in [1.807, 2.05) is 0 Å². The van der Waals surface area contributed by atoms with E-state index >= 15 is 0 Å². The van der Waals surface area contributed by atoms with Crippen LogP contribution in [0.1, 0.15) is 5.56 Å². The van der Waals surface area contributed by atoms with E-state index in [1.54, 1.807) is 24.3 Å². The van der Waals surface area contributed by atoms with Crippen molar-refractivity contribution in [3.05, 3.63) is 29.8 Å². The third-order valence-electron chi connectivity index (χ3n) is 1.82. The average Bonchev–Trinajstić information content (AvgIpc) is 2.26. The lowest BCUT2D eigenvalue weighted by atomic mass is 10.2. The van der Waals surface area contributed by atoms with E-state index in [0.717, 1.165) is 5.56 Å². The molecule has 0 radical (unpaired) electrons. The van der Waals surface area contributed by atoms with Gasteiger partial charge in [-0.15, -0.1) is 0 Å². The molecule has 3 nitrogen and oxygen atoms in total. The van der Waals surface area contributed by atoms with Gasteiger partial charge in [0, 0.05) is 6.54 Å². The van der Waals surface area contributed by atoms with Gasteiger partial charge in [-0.3, -0.25) is 4.79 Å². The number of benzene rings is 1. The van der Waals surface area contributed by atoms with Crippen molar-refractivity contribution >= 4 is 5.91 Å². The maximum absolute atomic E-state index is 11.8. The molecule has 0 aromatic heterocycles. The van der Waals surface area contributed by atoms with Crippen molar-refractivity contribution in [2.75, 3.05) is 7.11 Å². The summed E-state index contributed by atoms with van der Waals surface area (Å²) in [6.45, 7) is 0.0904. The summed E-state index contributed by atoms with van der Waals surface area (Å²) in [6.07, 6.45) is -2.97. The topological polar surface area (TPSA) is 38.3 Å². The smallest absolute Gasteiger partial charge is 0.315 e. The summed E-state index contributed by atoms with van der Waals surface area (Å²) in [5.41, 5.74) is 0.741. The minimum Gasteiger partial charge on any atom is -0.497 e. The second-order valence-electron chi connectivity index (χ2n) is 2.87. The fraction of sp³-hybridized carbons (Fsp3) is 0.300. The first-order valence-corrected chi connectivity index (χ1v) is 4.32. The Balaban J connectivity index is 2.47. The number of alkyl halides is 2. The van der Waals surface area contributed by atoms with Gasteiger partial charge in [-0.2, -0.15) is 8.78 Å². The largest absolute Gasteiger partial charge is 0.497 e. The van der Waals surface area contributed by atoms with Crippen LogP contribution in [-0.4, -0.2) is 19.4 Å². The predicted octanol–water partition coefficient (Wildman–Crippen LogP) is 1.58. The summed E-state index contributed by atoms with van der Waals surface area (Å²) in [4.78, 5) is 10.6. The first kappa shape index (κ1) is 11.4. The van der Waals surface area contributed by atoms with E-state index in [-0.39, 0.29) is 6.54 Å². The van der Waals surface area contributed by atoms with Gasteiger partial charge in [-0.25, -0.2) is 0 Å². The van der Waals surface area contributed by atoms with Gasteiger partial charge >= 0.3 is 6.43 Å². The Morgan fingerprint density at radius 1 is 1.40 bits per heavy atom. The van der Waals surface area contributed by atoms with Crippen LogP contribution in [0.25, 0.3) is 0 Å². The molecular weight excluding hydrogens is 204 g/mol. The number of nitrogens with one attached hydrogen (secondary N) is 1. The van der Waals surface area contributed by atoms with Crippen molar-refractivity contribution in [1.29, 1.82) is 0 Å². The summed E-state index contributed by atoms with van der Waals surface area (Å²) >= 11 is 0. The number of carbonyl (C=O) groups excluding carboxylic acids is 1. The molecule has 5 heteroatoms. The zero-order valence-electron chi connectivity index (χ0n) is 8.17. The van der Waals surface area contributed by atoms with Gasteiger partial charge in [-0.05, 0) is 17.7 Å². The molecule has 0 bridgehead atoms. The second-order valence-corrected chi connectivity index (χ2v) is 2.87. The monoisotopic (exact) mass is 215 g/mol. The molecule has 0 spiro atoms. The van der Waals surface area contributed by atoms with E-state index in [0.29, 0.717) is 5.75 Å². The highest BCUT2D eigenvalue weighted by molar-refractivity contribution is 5.79. The van der Waals surface area contributed by atoms with Crippen LogP contribution in [0.15, 0.2) is 24.3 Å². The molecule has 0 aliphatic rings. The molecular formula is C10H11F2NO2. The van der Waals surface area contributed by atoms with Gasteiger partial charge < -0.3 is 10.1 Å². The Hall–Kier alpha value is -1.65. The molecule has 0 unspecified atom stereocenters. The standard InChI is InChI=1S/C10H11F2NO2/c1-15-8-4-2-7(3-5-8)6-13-10(14)9(11)12/h2-5,9H,6H2,1H3,(H,13,14). The van der Waals surface area contributed by atoms with E-state index < -0.39 is 12.3 Å². The number of hydrogen-bond donors (Lipinski definition) is 1. The Bertz CT molecular complexity index is 325. The molecule has 1 aromatic rings. The van der Waals surface area contributed by atoms with E-state index in [1.165, 1.54) is 7.11 Å². The average molecular weight is 215 g/mol. The molecule has 0 atom stereocenters. The van der Waals surface area contributed by atoms with Crippen LogP contribution in [0.4, 0.5) is 8.78 Å². The van der Waals surface area contributed by atoms with Gasteiger partial charge in [0.05, 0.1) is 7.11 Å². The number of halogens is 2. The quantitative estimate of drug-likeness (QED) is 0.828. The third-order valence-corrected chi connectivity index (χ3v) is 1.82. The maximum Gasteiger partial charge on any atom is 0.315 e. The molecule has 82 valence electrons. The SMILES string of the molecule is COc1ccc(CNC(=O)C(F)F)cc1. The number of amides is 1. The molecule has 1 rings (SSSR count). The van der Waals surface area contributed by atoms with E-state index in [9.17, 15) is 13.6 Å². The first-order valence-electron chi connectivity index (χ1n) is 4.32. The molecule has 0 heterocycles. The van der Waals surface area contributed by atoms with Gasteiger partial charge in [-0.1, -0.05) is 12.1 Å². The number of ether oxygens (including phenoxy) is 1. The van der Waals surface area contributed by atoms with Crippen molar-refractivity contribution in [2.45, 2.75) is 13.0 Å². The zero-order valence-corrected chi connectivity index (χ0v) is 8.17.